The van der Waals surface area contributed by atoms with Gasteiger partial charge in [0.1, 0.15) is 0 Å². The summed E-state index contributed by atoms with van der Waals surface area (Å²) in [5.74, 6) is -0.164. The highest BCUT2D eigenvalue weighted by Crippen LogP contribution is 2.21. The van der Waals surface area contributed by atoms with Crippen LogP contribution in [0, 0.1) is 0 Å². The molecular weight excluding hydrogens is 302 g/mol. The number of hydrogen-bond acceptors (Lipinski definition) is 3. The van der Waals surface area contributed by atoms with Gasteiger partial charge in [0, 0.05) is 24.5 Å². The summed E-state index contributed by atoms with van der Waals surface area (Å²) in [6.45, 7) is 0.124. The van der Waals surface area contributed by atoms with Crippen LogP contribution in [0.25, 0.3) is 0 Å². The van der Waals surface area contributed by atoms with E-state index in [1.165, 1.54) is 0 Å². The van der Waals surface area contributed by atoms with Crippen molar-refractivity contribution < 1.29 is 9.59 Å². The minimum Gasteiger partial charge on any atom is -0.375 e. The number of carbonyl (C=O) groups is 2. The molecule has 2 aromatic rings. The van der Waals surface area contributed by atoms with E-state index in [1.807, 2.05) is 48.5 Å². The van der Waals surface area contributed by atoms with Gasteiger partial charge in [0.05, 0.1) is 12.1 Å². The van der Waals surface area contributed by atoms with Crippen molar-refractivity contribution in [1.82, 2.24) is 5.32 Å². The van der Waals surface area contributed by atoms with E-state index >= 15 is 0 Å². The number of rotatable bonds is 6. The van der Waals surface area contributed by atoms with Gasteiger partial charge in [-0.1, -0.05) is 30.3 Å². The molecule has 0 spiro atoms. The Morgan fingerprint density at radius 2 is 1.71 bits per heavy atom. The first kappa shape index (κ1) is 16.1. The molecule has 0 atom stereocenters. The van der Waals surface area contributed by atoms with Crippen molar-refractivity contribution in [3.63, 3.8) is 0 Å². The quantitative estimate of drug-likeness (QED) is 0.859. The third kappa shape index (κ3) is 3.93. The molecule has 5 heteroatoms. The SMILES string of the molecule is CN(C(=O)CNc1ccccc1C(=O)NC1CC1)c1ccccc1. The van der Waals surface area contributed by atoms with Crippen molar-refractivity contribution in [2.75, 3.05) is 23.8 Å². The second-order valence-electron chi connectivity index (χ2n) is 5.94. The van der Waals surface area contributed by atoms with E-state index in [0.717, 1.165) is 18.5 Å². The predicted octanol–water partition coefficient (Wildman–Crippen LogP) is 2.65. The highest BCUT2D eigenvalue weighted by Gasteiger charge is 2.24. The fraction of sp³-hybridized carbons (Fsp3) is 0.263. The van der Waals surface area contributed by atoms with Crippen LogP contribution in [0.2, 0.25) is 0 Å². The van der Waals surface area contributed by atoms with Gasteiger partial charge in [-0.05, 0) is 37.1 Å². The van der Waals surface area contributed by atoms with E-state index in [9.17, 15) is 9.59 Å². The van der Waals surface area contributed by atoms with Crippen LogP contribution in [0.3, 0.4) is 0 Å². The average Bonchev–Trinajstić information content (AvgIpc) is 3.44. The van der Waals surface area contributed by atoms with Crippen molar-refractivity contribution in [2.45, 2.75) is 18.9 Å². The van der Waals surface area contributed by atoms with Gasteiger partial charge in [0.2, 0.25) is 5.91 Å². The van der Waals surface area contributed by atoms with E-state index in [-0.39, 0.29) is 18.4 Å². The lowest BCUT2D eigenvalue weighted by Crippen LogP contribution is -2.33. The molecule has 1 aliphatic rings. The summed E-state index contributed by atoms with van der Waals surface area (Å²) in [5.41, 5.74) is 2.08. The monoisotopic (exact) mass is 323 g/mol. The molecule has 1 fully saturated rings. The summed E-state index contributed by atoms with van der Waals surface area (Å²) in [5, 5.41) is 6.06. The zero-order chi connectivity index (χ0) is 16.9. The zero-order valence-electron chi connectivity index (χ0n) is 13.7. The topological polar surface area (TPSA) is 61.4 Å². The number of hydrogen-bond donors (Lipinski definition) is 2. The largest absolute Gasteiger partial charge is 0.375 e. The molecule has 0 saturated heterocycles. The molecule has 24 heavy (non-hydrogen) atoms. The first-order valence-corrected chi connectivity index (χ1v) is 8.10. The zero-order valence-corrected chi connectivity index (χ0v) is 13.7. The van der Waals surface area contributed by atoms with Crippen LogP contribution in [-0.2, 0) is 4.79 Å². The van der Waals surface area contributed by atoms with Gasteiger partial charge in [-0.15, -0.1) is 0 Å². The fourth-order valence-corrected chi connectivity index (χ4v) is 2.41. The summed E-state index contributed by atoms with van der Waals surface area (Å²) in [4.78, 5) is 26.2. The molecule has 2 aromatic carbocycles. The van der Waals surface area contributed by atoms with Crippen molar-refractivity contribution in [2.24, 2.45) is 0 Å². The van der Waals surface area contributed by atoms with E-state index in [1.54, 1.807) is 18.0 Å². The number of likely N-dealkylation sites (N-methyl/N-ethyl adjacent to an activating group) is 1. The number of amides is 2. The van der Waals surface area contributed by atoms with Gasteiger partial charge in [0.25, 0.3) is 5.91 Å². The van der Waals surface area contributed by atoms with Crippen LogP contribution in [0.4, 0.5) is 11.4 Å². The summed E-state index contributed by atoms with van der Waals surface area (Å²) in [6.07, 6.45) is 2.09. The Labute approximate surface area is 141 Å². The summed E-state index contributed by atoms with van der Waals surface area (Å²) in [6, 6.07) is 17.0. The molecule has 0 aromatic heterocycles. The predicted molar refractivity (Wildman–Crippen MR) is 95.3 cm³/mol. The van der Waals surface area contributed by atoms with Crippen molar-refractivity contribution in [1.29, 1.82) is 0 Å². The van der Waals surface area contributed by atoms with Gasteiger partial charge in [-0.25, -0.2) is 0 Å². The Hall–Kier alpha value is -2.82. The fourth-order valence-electron chi connectivity index (χ4n) is 2.41. The van der Waals surface area contributed by atoms with Gasteiger partial charge < -0.3 is 15.5 Å². The first-order valence-electron chi connectivity index (χ1n) is 8.10. The molecule has 2 N–H and O–H groups in total. The summed E-state index contributed by atoms with van der Waals surface area (Å²) >= 11 is 0. The van der Waals surface area contributed by atoms with Gasteiger partial charge in [-0.3, -0.25) is 9.59 Å². The van der Waals surface area contributed by atoms with Crippen molar-refractivity contribution in [3.05, 3.63) is 60.2 Å². The maximum absolute atomic E-state index is 12.3. The second-order valence-corrected chi connectivity index (χ2v) is 5.94. The van der Waals surface area contributed by atoms with Gasteiger partial charge >= 0.3 is 0 Å². The van der Waals surface area contributed by atoms with Crippen LogP contribution in [0.1, 0.15) is 23.2 Å². The number of para-hydroxylation sites is 2. The molecule has 3 rings (SSSR count). The molecule has 0 aliphatic heterocycles. The maximum atomic E-state index is 12.3. The number of nitrogens with one attached hydrogen (secondary N) is 2. The molecule has 0 radical (unpaired) electrons. The number of benzene rings is 2. The number of anilines is 2. The summed E-state index contributed by atoms with van der Waals surface area (Å²) < 4.78 is 0. The number of carbonyl (C=O) groups excluding carboxylic acids is 2. The lowest BCUT2D eigenvalue weighted by atomic mass is 10.1. The Morgan fingerprint density at radius 1 is 1.04 bits per heavy atom. The normalized spacial score (nSPS) is 13.2. The molecule has 2 amide bonds. The Balaban J connectivity index is 1.63. The molecule has 0 unspecified atom stereocenters. The number of nitrogens with zero attached hydrogens (tertiary/aromatic N) is 1. The molecule has 1 saturated carbocycles. The van der Waals surface area contributed by atoms with Crippen LogP contribution in [0.15, 0.2) is 54.6 Å². The third-order valence-corrected chi connectivity index (χ3v) is 4.03. The Kier molecular flexibility index (Phi) is 4.79. The Morgan fingerprint density at radius 3 is 2.42 bits per heavy atom. The van der Waals surface area contributed by atoms with Crippen LogP contribution >= 0.6 is 0 Å². The van der Waals surface area contributed by atoms with E-state index in [0.29, 0.717) is 17.3 Å². The molecule has 124 valence electrons. The smallest absolute Gasteiger partial charge is 0.253 e. The van der Waals surface area contributed by atoms with Crippen LogP contribution in [0.5, 0.6) is 0 Å². The second kappa shape index (κ2) is 7.17. The average molecular weight is 323 g/mol. The Bertz CT molecular complexity index is 726. The molecule has 0 heterocycles. The minimum atomic E-state index is -0.0931. The highest BCUT2D eigenvalue weighted by molar-refractivity contribution is 6.01. The summed E-state index contributed by atoms with van der Waals surface area (Å²) in [7, 11) is 1.74. The van der Waals surface area contributed by atoms with E-state index in [2.05, 4.69) is 10.6 Å². The van der Waals surface area contributed by atoms with E-state index < -0.39 is 0 Å². The third-order valence-electron chi connectivity index (χ3n) is 4.03. The van der Waals surface area contributed by atoms with E-state index in [4.69, 9.17) is 0 Å². The van der Waals surface area contributed by atoms with Gasteiger partial charge in [-0.2, -0.15) is 0 Å². The lowest BCUT2D eigenvalue weighted by molar-refractivity contribution is -0.116. The molecule has 5 nitrogen and oxygen atoms in total. The molecule has 0 bridgehead atoms. The lowest BCUT2D eigenvalue weighted by Gasteiger charge is -2.18. The standard InChI is InChI=1S/C19H21N3O2/c1-22(15-7-3-2-4-8-15)18(23)13-20-17-10-6-5-9-16(17)19(24)21-14-11-12-14/h2-10,14,20H,11-13H2,1H3,(H,21,24). The first-order chi connectivity index (χ1) is 11.6. The molecular formula is C19H21N3O2. The van der Waals surface area contributed by atoms with Crippen molar-refractivity contribution >= 4 is 23.2 Å². The van der Waals surface area contributed by atoms with Crippen LogP contribution in [-0.4, -0.2) is 31.4 Å². The van der Waals surface area contributed by atoms with Crippen LogP contribution < -0.4 is 15.5 Å². The maximum Gasteiger partial charge on any atom is 0.253 e. The molecule has 1 aliphatic carbocycles. The highest BCUT2D eigenvalue weighted by atomic mass is 16.2. The minimum absolute atomic E-state index is 0.0707. The van der Waals surface area contributed by atoms with Gasteiger partial charge in [0.15, 0.2) is 0 Å². The van der Waals surface area contributed by atoms with Crippen molar-refractivity contribution in [3.8, 4) is 0 Å².